The second-order valence-corrected chi connectivity index (χ2v) is 8.19. The SMILES string of the molecule is CO.O=S(=O)([O-])C/N=C/c1cc(Br)ccc1[O-].[Cd+2].c1cnc2c(c1)ccc1cccnc12. The Labute approximate surface area is 214 Å². The van der Waals surface area contributed by atoms with Crippen molar-refractivity contribution in [2.24, 2.45) is 4.99 Å². The van der Waals surface area contributed by atoms with Gasteiger partial charge in [0.2, 0.25) is 0 Å². The summed E-state index contributed by atoms with van der Waals surface area (Å²) in [7, 11) is -3.38. The van der Waals surface area contributed by atoms with Crippen LogP contribution in [0.3, 0.4) is 0 Å². The third kappa shape index (κ3) is 8.50. The summed E-state index contributed by atoms with van der Waals surface area (Å²) in [6.45, 7) is 0. The average molecular weight is 617 g/mol. The molecule has 4 rings (SSSR count). The molecule has 0 saturated carbocycles. The number of aliphatic hydroxyl groups is 1. The molecule has 0 aliphatic carbocycles. The van der Waals surface area contributed by atoms with Crippen molar-refractivity contribution in [3.8, 4) is 5.75 Å². The van der Waals surface area contributed by atoms with Crippen LogP contribution in [-0.2, 0) is 37.4 Å². The van der Waals surface area contributed by atoms with Crippen LogP contribution in [-0.4, -0.2) is 47.2 Å². The molecule has 8 nitrogen and oxygen atoms in total. The second-order valence-electron chi connectivity index (χ2n) is 5.90. The van der Waals surface area contributed by atoms with E-state index in [1.807, 2.05) is 12.1 Å². The Kier molecular flexibility index (Phi) is 11.9. The van der Waals surface area contributed by atoms with Crippen molar-refractivity contribution >= 4 is 54.1 Å². The number of fused-ring (bicyclic) bond motifs is 3. The number of hydrogen-bond donors (Lipinski definition) is 1. The van der Waals surface area contributed by atoms with Crippen molar-refractivity contribution in [2.45, 2.75) is 0 Å². The van der Waals surface area contributed by atoms with E-state index < -0.39 is 16.0 Å². The molecule has 0 spiro atoms. The van der Waals surface area contributed by atoms with Gasteiger partial charge in [0, 0.05) is 41.0 Å². The number of hydrogen-bond acceptors (Lipinski definition) is 8. The first-order valence-corrected chi connectivity index (χ1v) is 11.1. The summed E-state index contributed by atoms with van der Waals surface area (Å²) in [6, 6.07) is 16.5. The molecule has 2 aromatic heterocycles. The number of benzene rings is 2. The summed E-state index contributed by atoms with van der Waals surface area (Å²) in [5, 5.41) is 20.5. The molecule has 0 bridgehead atoms. The predicted molar refractivity (Wildman–Crippen MR) is 121 cm³/mol. The molecule has 0 aliphatic heterocycles. The van der Waals surface area contributed by atoms with E-state index in [2.05, 4.69) is 55.2 Å². The number of aromatic nitrogens is 2. The molecule has 0 amide bonds. The molecule has 4 aromatic rings. The van der Waals surface area contributed by atoms with Crippen LogP contribution < -0.4 is 5.11 Å². The first kappa shape index (κ1) is 28.0. The van der Waals surface area contributed by atoms with Crippen LogP contribution in [0.2, 0.25) is 0 Å². The summed E-state index contributed by atoms with van der Waals surface area (Å²) in [5.74, 6) is -1.15. The van der Waals surface area contributed by atoms with Crippen LogP contribution in [0.15, 0.2) is 76.5 Å². The van der Waals surface area contributed by atoms with Crippen LogP contribution in [0, 0.1) is 0 Å². The zero-order chi connectivity index (χ0) is 22.9. The molecule has 0 unspecified atom stereocenters. The van der Waals surface area contributed by atoms with Crippen LogP contribution in [0.4, 0.5) is 0 Å². The maximum Gasteiger partial charge on any atom is 2.00 e. The molecule has 0 saturated heterocycles. The van der Waals surface area contributed by atoms with Gasteiger partial charge in [0.15, 0.2) is 0 Å². The maximum atomic E-state index is 11.2. The van der Waals surface area contributed by atoms with Gasteiger partial charge < -0.3 is 14.8 Å². The molecule has 32 heavy (non-hydrogen) atoms. The van der Waals surface area contributed by atoms with Gasteiger partial charge in [-0.2, -0.15) is 0 Å². The Morgan fingerprint density at radius 3 is 2.03 bits per heavy atom. The Bertz CT molecular complexity index is 1250. The van der Waals surface area contributed by atoms with Crippen LogP contribution in [0.5, 0.6) is 5.75 Å². The number of halogens is 1. The molecule has 2 heterocycles. The van der Waals surface area contributed by atoms with Gasteiger partial charge in [0.25, 0.3) is 0 Å². The predicted octanol–water partition coefficient (Wildman–Crippen LogP) is 2.83. The van der Waals surface area contributed by atoms with Gasteiger partial charge in [0.1, 0.15) is 16.0 Å². The van der Waals surface area contributed by atoms with Gasteiger partial charge in [0.05, 0.1) is 11.0 Å². The molecular formula is C21H18BrCdN3O5S. The first-order chi connectivity index (χ1) is 14.8. The van der Waals surface area contributed by atoms with E-state index in [0.717, 1.165) is 35.1 Å². The second kappa shape index (κ2) is 13.5. The minimum Gasteiger partial charge on any atom is -0.872 e. The van der Waals surface area contributed by atoms with Crippen LogP contribution >= 0.6 is 15.9 Å². The van der Waals surface area contributed by atoms with Crippen LogP contribution in [0.25, 0.3) is 21.8 Å². The Hall–Kier alpha value is -2.00. The van der Waals surface area contributed by atoms with Gasteiger partial charge in [-0.15, -0.1) is 0 Å². The summed E-state index contributed by atoms with van der Waals surface area (Å²) < 4.78 is 31.3. The number of aliphatic imine (C=N–C) groups is 1. The molecule has 0 fully saturated rings. The quantitative estimate of drug-likeness (QED) is 0.162. The monoisotopic (exact) mass is 617 g/mol. The van der Waals surface area contributed by atoms with E-state index in [0.29, 0.717) is 4.47 Å². The summed E-state index contributed by atoms with van der Waals surface area (Å²) in [4.78, 5) is 12.1. The smallest absolute Gasteiger partial charge is 0.872 e. The van der Waals surface area contributed by atoms with Gasteiger partial charge >= 0.3 is 27.3 Å². The zero-order valence-corrected chi connectivity index (χ0v) is 23.5. The van der Waals surface area contributed by atoms with E-state index in [4.69, 9.17) is 5.11 Å². The minimum absolute atomic E-state index is 0. The van der Waals surface area contributed by atoms with Crippen molar-refractivity contribution in [2.75, 3.05) is 13.0 Å². The van der Waals surface area contributed by atoms with Crippen molar-refractivity contribution in [1.82, 2.24) is 9.97 Å². The molecule has 2 aromatic carbocycles. The molecule has 0 aliphatic rings. The Morgan fingerprint density at radius 2 is 1.53 bits per heavy atom. The Balaban J connectivity index is 0.000000289. The van der Waals surface area contributed by atoms with Crippen molar-refractivity contribution in [3.63, 3.8) is 0 Å². The largest absolute Gasteiger partial charge is 2.00 e. The van der Waals surface area contributed by atoms with E-state index in [9.17, 15) is 18.1 Å². The molecular weight excluding hydrogens is 599 g/mol. The fourth-order valence-electron chi connectivity index (χ4n) is 2.53. The van der Waals surface area contributed by atoms with Gasteiger partial charge in [-0.25, -0.2) is 8.42 Å². The molecule has 0 radical (unpaired) electrons. The van der Waals surface area contributed by atoms with E-state index >= 15 is 0 Å². The fourth-order valence-corrected chi connectivity index (χ4v) is 3.16. The topological polar surface area (TPSA) is 139 Å². The van der Waals surface area contributed by atoms with Crippen molar-refractivity contribution < 1.29 is 50.5 Å². The molecule has 162 valence electrons. The number of rotatable bonds is 3. The first-order valence-electron chi connectivity index (χ1n) is 8.77. The molecule has 0 atom stereocenters. The number of pyridine rings is 2. The minimum atomic E-state index is -4.38. The Morgan fingerprint density at radius 1 is 1.00 bits per heavy atom. The van der Waals surface area contributed by atoms with Gasteiger partial charge in [-0.1, -0.05) is 52.0 Å². The van der Waals surface area contributed by atoms with Crippen LogP contribution in [0.1, 0.15) is 5.56 Å². The maximum absolute atomic E-state index is 11.2. The molecule has 1 N–H and O–H groups in total. The summed E-state index contributed by atoms with van der Waals surface area (Å²) >= 11 is 3.15. The summed E-state index contributed by atoms with van der Waals surface area (Å²) in [5.41, 5.74) is 2.18. The number of nitrogens with zero attached hydrogens (tertiary/aromatic N) is 3. The number of aliphatic hydroxyl groups excluding tert-OH is 1. The third-order valence-corrected chi connectivity index (χ3v) is 4.74. The summed E-state index contributed by atoms with van der Waals surface area (Å²) in [6.07, 6.45) is 4.68. The van der Waals surface area contributed by atoms with Crippen molar-refractivity contribution in [1.29, 1.82) is 0 Å². The van der Waals surface area contributed by atoms with E-state index in [1.165, 1.54) is 12.1 Å². The van der Waals surface area contributed by atoms with E-state index in [1.54, 1.807) is 18.5 Å². The average Bonchev–Trinajstić information content (AvgIpc) is 2.77. The molecule has 11 heteroatoms. The standard InChI is InChI=1S/C12H8N2.C8H8BrNO4S.CH4O.Cd/c1-3-9-5-6-10-4-2-8-14-12(10)11(9)13-7-1;9-7-1-2-8(11)6(3-7)4-10-5-15(12,13)14;1-2;/h1-8H;1-4,11H,5H2,(H,12,13,14);2H,1H3;/q;;;+2/p-2/b;10-4+;;. The van der Waals surface area contributed by atoms with E-state index in [-0.39, 0.29) is 38.6 Å². The van der Waals surface area contributed by atoms with Crippen molar-refractivity contribution in [3.05, 3.63) is 77.0 Å². The third-order valence-electron chi connectivity index (χ3n) is 3.78. The fraction of sp³-hybridized carbons (Fsp3) is 0.0952. The van der Waals surface area contributed by atoms with Gasteiger partial charge in [-0.05, 0) is 29.8 Å². The zero-order valence-electron chi connectivity index (χ0n) is 17.1. The normalized spacial score (nSPS) is 10.6. The van der Waals surface area contributed by atoms with Gasteiger partial charge in [-0.3, -0.25) is 15.0 Å².